The number of imidazole rings is 1. The molecule has 0 fully saturated rings. The number of hydrogen-bond acceptors (Lipinski definition) is 6. The van der Waals surface area contributed by atoms with Crippen LogP contribution in [-0.4, -0.2) is 39.3 Å². The van der Waals surface area contributed by atoms with E-state index in [1.54, 1.807) is 30.6 Å². The fourth-order valence-corrected chi connectivity index (χ4v) is 3.20. The van der Waals surface area contributed by atoms with Gasteiger partial charge in [0.2, 0.25) is 0 Å². The topological polar surface area (TPSA) is 120 Å². The monoisotopic (exact) mass is 307 g/mol. The van der Waals surface area contributed by atoms with Crippen LogP contribution in [0.3, 0.4) is 0 Å². The zero-order chi connectivity index (χ0) is 14.9. The fraction of sp³-hybridized carbons (Fsp3) is 0.182. The molecule has 0 amide bonds. The summed E-state index contributed by atoms with van der Waals surface area (Å²) in [5.41, 5.74) is 6.21. The summed E-state index contributed by atoms with van der Waals surface area (Å²) >= 11 is 0. The standard InChI is InChI=1S/C11H13N7O2S/c12-10-11(18-6-2-1-3-9(18)15-10)21(19,20)14-5-8-17-7-4-13-16-17/h1-4,6-7,14H,5,8,12H2. The van der Waals surface area contributed by atoms with Crippen LogP contribution in [0.5, 0.6) is 0 Å². The largest absolute Gasteiger partial charge is 0.381 e. The van der Waals surface area contributed by atoms with Gasteiger partial charge in [0.25, 0.3) is 10.0 Å². The first kappa shape index (κ1) is 13.5. The Morgan fingerprint density at radius 3 is 2.90 bits per heavy atom. The van der Waals surface area contributed by atoms with Crippen molar-refractivity contribution in [2.24, 2.45) is 0 Å². The van der Waals surface area contributed by atoms with Crippen molar-refractivity contribution in [2.75, 3.05) is 12.3 Å². The number of nitrogen functional groups attached to an aromatic ring is 1. The number of fused-ring (bicyclic) bond motifs is 1. The lowest BCUT2D eigenvalue weighted by molar-refractivity contribution is 0.550. The van der Waals surface area contributed by atoms with E-state index in [1.165, 1.54) is 15.3 Å². The predicted octanol–water partition coefficient (Wildman–Crippen LogP) is -0.514. The number of nitrogens with two attached hydrogens (primary N) is 1. The molecule has 0 radical (unpaired) electrons. The van der Waals surface area contributed by atoms with Crippen LogP contribution in [-0.2, 0) is 16.6 Å². The lowest BCUT2D eigenvalue weighted by Crippen LogP contribution is -2.29. The third kappa shape index (κ3) is 2.58. The maximum atomic E-state index is 12.4. The van der Waals surface area contributed by atoms with Crippen LogP contribution < -0.4 is 10.5 Å². The van der Waals surface area contributed by atoms with Crippen molar-refractivity contribution < 1.29 is 8.42 Å². The van der Waals surface area contributed by atoms with Crippen molar-refractivity contribution in [3.63, 3.8) is 0 Å². The second kappa shape index (κ2) is 5.14. The highest BCUT2D eigenvalue weighted by Gasteiger charge is 2.23. The van der Waals surface area contributed by atoms with E-state index in [9.17, 15) is 8.42 Å². The number of sulfonamides is 1. The van der Waals surface area contributed by atoms with Gasteiger partial charge in [-0.05, 0) is 12.1 Å². The number of hydrogen-bond donors (Lipinski definition) is 2. The minimum atomic E-state index is -3.76. The van der Waals surface area contributed by atoms with Gasteiger partial charge in [-0.15, -0.1) is 5.10 Å². The number of rotatable bonds is 5. The molecule has 0 aromatic carbocycles. The molecule has 0 saturated carbocycles. The molecule has 3 aromatic rings. The summed E-state index contributed by atoms with van der Waals surface area (Å²) in [6, 6.07) is 5.16. The van der Waals surface area contributed by atoms with E-state index in [2.05, 4.69) is 20.0 Å². The molecule has 3 rings (SSSR count). The van der Waals surface area contributed by atoms with Crippen molar-refractivity contribution in [2.45, 2.75) is 11.6 Å². The Kier molecular flexibility index (Phi) is 3.31. The molecule has 0 spiro atoms. The van der Waals surface area contributed by atoms with Gasteiger partial charge in [-0.25, -0.2) is 18.1 Å². The SMILES string of the molecule is Nc1nc2ccccn2c1S(=O)(=O)NCCn1ccnn1. The molecule has 0 aliphatic rings. The lowest BCUT2D eigenvalue weighted by Gasteiger charge is -2.07. The minimum absolute atomic E-state index is 0.0329. The van der Waals surface area contributed by atoms with Gasteiger partial charge in [0.05, 0.1) is 12.7 Å². The van der Waals surface area contributed by atoms with Crippen LogP contribution >= 0.6 is 0 Å². The van der Waals surface area contributed by atoms with Crippen LogP contribution in [0.2, 0.25) is 0 Å². The van der Waals surface area contributed by atoms with Crippen molar-refractivity contribution in [3.8, 4) is 0 Å². The smallest absolute Gasteiger partial charge is 0.260 e. The van der Waals surface area contributed by atoms with Gasteiger partial charge in [0.15, 0.2) is 10.8 Å². The van der Waals surface area contributed by atoms with Crippen molar-refractivity contribution in [3.05, 3.63) is 36.8 Å². The van der Waals surface area contributed by atoms with Crippen molar-refractivity contribution in [1.29, 1.82) is 0 Å². The Balaban J connectivity index is 1.84. The van der Waals surface area contributed by atoms with E-state index >= 15 is 0 Å². The normalized spacial score (nSPS) is 12.0. The molecule has 10 heteroatoms. The van der Waals surface area contributed by atoms with Gasteiger partial charge in [-0.3, -0.25) is 9.08 Å². The van der Waals surface area contributed by atoms with E-state index in [0.29, 0.717) is 12.2 Å². The fourth-order valence-electron chi connectivity index (χ4n) is 1.97. The molecule has 0 saturated heterocycles. The number of pyridine rings is 1. The van der Waals surface area contributed by atoms with Gasteiger partial charge < -0.3 is 5.73 Å². The summed E-state index contributed by atoms with van der Waals surface area (Å²) in [5, 5.41) is 7.34. The second-order valence-electron chi connectivity index (χ2n) is 4.29. The predicted molar refractivity (Wildman–Crippen MR) is 74.8 cm³/mol. The first-order chi connectivity index (χ1) is 10.1. The van der Waals surface area contributed by atoms with Gasteiger partial charge in [-0.1, -0.05) is 11.3 Å². The number of aromatic nitrogens is 5. The molecule has 3 N–H and O–H groups in total. The summed E-state index contributed by atoms with van der Waals surface area (Å²) in [6.07, 6.45) is 4.78. The molecule has 3 aromatic heterocycles. The zero-order valence-electron chi connectivity index (χ0n) is 10.9. The highest BCUT2D eigenvalue weighted by molar-refractivity contribution is 7.89. The molecule has 21 heavy (non-hydrogen) atoms. The summed E-state index contributed by atoms with van der Waals surface area (Å²) in [6.45, 7) is 0.543. The Morgan fingerprint density at radius 2 is 2.14 bits per heavy atom. The molecule has 0 bridgehead atoms. The van der Waals surface area contributed by atoms with Crippen molar-refractivity contribution >= 4 is 21.5 Å². The van der Waals surface area contributed by atoms with E-state index in [4.69, 9.17) is 5.73 Å². The van der Waals surface area contributed by atoms with Crippen LogP contribution in [0.15, 0.2) is 41.8 Å². The van der Waals surface area contributed by atoms with Gasteiger partial charge in [0.1, 0.15) is 5.65 Å². The quantitative estimate of drug-likeness (QED) is 0.655. The van der Waals surface area contributed by atoms with Crippen LogP contribution in [0.25, 0.3) is 5.65 Å². The second-order valence-corrected chi connectivity index (χ2v) is 5.98. The molecule has 0 atom stereocenters. The maximum Gasteiger partial charge on any atom is 0.260 e. The highest BCUT2D eigenvalue weighted by atomic mass is 32.2. The Hall–Kier alpha value is -2.46. The third-order valence-electron chi connectivity index (χ3n) is 2.87. The van der Waals surface area contributed by atoms with Gasteiger partial charge in [-0.2, -0.15) is 0 Å². The highest BCUT2D eigenvalue weighted by Crippen LogP contribution is 2.19. The van der Waals surface area contributed by atoms with Crippen LogP contribution in [0.4, 0.5) is 5.82 Å². The van der Waals surface area contributed by atoms with Crippen LogP contribution in [0.1, 0.15) is 0 Å². The van der Waals surface area contributed by atoms with Gasteiger partial charge >= 0.3 is 0 Å². The van der Waals surface area contributed by atoms with Gasteiger partial charge in [0, 0.05) is 18.9 Å². The summed E-state index contributed by atoms with van der Waals surface area (Å²) in [7, 11) is -3.76. The Labute approximate surface area is 120 Å². The summed E-state index contributed by atoms with van der Waals surface area (Å²) in [5.74, 6) is -0.0329. The average molecular weight is 307 g/mol. The summed E-state index contributed by atoms with van der Waals surface area (Å²) < 4.78 is 30.2. The number of nitrogens with zero attached hydrogens (tertiary/aromatic N) is 5. The first-order valence-corrected chi connectivity index (χ1v) is 7.62. The Bertz CT molecular complexity index is 854. The Morgan fingerprint density at radius 1 is 1.29 bits per heavy atom. The minimum Gasteiger partial charge on any atom is -0.381 e. The lowest BCUT2D eigenvalue weighted by atomic mass is 10.5. The molecule has 3 heterocycles. The molecule has 0 aliphatic heterocycles. The number of anilines is 1. The molecule has 9 nitrogen and oxygen atoms in total. The number of nitrogens with one attached hydrogen (secondary N) is 1. The molecule has 0 aliphatic carbocycles. The maximum absolute atomic E-state index is 12.4. The van der Waals surface area contributed by atoms with Crippen LogP contribution in [0, 0.1) is 0 Å². The van der Waals surface area contributed by atoms with E-state index in [0.717, 1.165) is 0 Å². The van der Waals surface area contributed by atoms with E-state index in [1.807, 2.05) is 0 Å². The van der Waals surface area contributed by atoms with E-state index in [-0.39, 0.29) is 17.4 Å². The first-order valence-electron chi connectivity index (χ1n) is 6.14. The molecule has 0 unspecified atom stereocenters. The zero-order valence-corrected chi connectivity index (χ0v) is 11.7. The van der Waals surface area contributed by atoms with Crippen molar-refractivity contribution in [1.82, 2.24) is 29.1 Å². The molecule has 110 valence electrons. The summed E-state index contributed by atoms with van der Waals surface area (Å²) in [4.78, 5) is 4.03. The molecular formula is C11H13N7O2S. The third-order valence-corrected chi connectivity index (χ3v) is 4.37. The average Bonchev–Trinajstić information content (AvgIpc) is 3.04. The van der Waals surface area contributed by atoms with E-state index < -0.39 is 10.0 Å². The molecular weight excluding hydrogens is 294 g/mol.